The average molecular weight is 471 g/mol. The van der Waals surface area contributed by atoms with Crippen molar-refractivity contribution in [2.24, 2.45) is 12.0 Å². The fraction of sp³-hybridized carbons (Fsp3) is 0.500. The number of anilines is 1. The molecular formula is C18H30IN7. The minimum Gasteiger partial charge on any atom is -0.378 e. The van der Waals surface area contributed by atoms with E-state index in [1.165, 1.54) is 11.3 Å². The summed E-state index contributed by atoms with van der Waals surface area (Å²) in [5, 5.41) is 10.7. The highest BCUT2D eigenvalue weighted by Gasteiger charge is 2.02. The van der Waals surface area contributed by atoms with Gasteiger partial charge < -0.3 is 15.5 Å². The molecule has 1 heterocycles. The Bertz CT molecular complexity index is 664. The van der Waals surface area contributed by atoms with Gasteiger partial charge in [-0.3, -0.25) is 4.68 Å². The Morgan fingerprint density at radius 1 is 1.19 bits per heavy atom. The number of hydrogen-bond acceptors (Lipinski definition) is 4. The Morgan fingerprint density at radius 2 is 1.92 bits per heavy atom. The monoisotopic (exact) mass is 471 g/mol. The fourth-order valence-corrected chi connectivity index (χ4v) is 2.41. The van der Waals surface area contributed by atoms with E-state index < -0.39 is 0 Å². The number of hydrogen-bond donors (Lipinski definition) is 2. The summed E-state index contributed by atoms with van der Waals surface area (Å²) in [5.74, 6) is 1.66. The maximum absolute atomic E-state index is 4.56. The van der Waals surface area contributed by atoms with Crippen LogP contribution in [0.4, 0.5) is 5.69 Å². The average Bonchev–Trinajstić information content (AvgIpc) is 3.02. The molecule has 1 aromatic heterocycles. The van der Waals surface area contributed by atoms with Gasteiger partial charge in [-0.15, -0.1) is 24.0 Å². The van der Waals surface area contributed by atoms with Crippen LogP contribution in [0.15, 0.2) is 35.6 Å². The van der Waals surface area contributed by atoms with Crippen molar-refractivity contribution in [3.05, 3.63) is 42.0 Å². The van der Waals surface area contributed by atoms with Crippen molar-refractivity contribution in [2.45, 2.75) is 26.3 Å². The quantitative estimate of drug-likeness (QED) is 0.268. The van der Waals surface area contributed by atoms with Crippen LogP contribution in [0.2, 0.25) is 0 Å². The van der Waals surface area contributed by atoms with E-state index in [0.29, 0.717) is 6.54 Å². The van der Waals surface area contributed by atoms with Crippen molar-refractivity contribution < 1.29 is 0 Å². The summed E-state index contributed by atoms with van der Waals surface area (Å²) < 4.78 is 1.74. The smallest absolute Gasteiger partial charge is 0.191 e. The zero-order chi connectivity index (χ0) is 18.1. The van der Waals surface area contributed by atoms with Crippen molar-refractivity contribution in [1.29, 1.82) is 0 Å². The van der Waals surface area contributed by atoms with Gasteiger partial charge in [0, 0.05) is 39.9 Å². The lowest BCUT2D eigenvalue weighted by atomic mass is 10.1. The Balaban J connectivity index is 0.00000338. The molecule has 0 fully saturated rings. The van der Waals surface area contributed by atoms with Crippen LogP contribution in [-0.4, -0.2) is 47.9 Å². The summed E-state index contributed by atoms with van der Waals surface area (Å²) in [6, 6.07) is 8.72. The number of halogens is 1. The lowest BCUT2D eigenvalue weighted by molar-refractivity contribution is 0.694. The molecule has 144 valence electrons. The molecule has 1 aromatic carbocycles. The van der Waals surface area contributed by atoms with Gasteiger partial charge in [-0.2, -0.15) is 5.10 Å². The molecule has 8 heteroatoms. The molecule has 0 aliphatic rings. The van der Waals surface area contributed by atoms with Crippen molar-refractivity contribution >= 4 is 35.6 Å². The predicted octanol–water partition coefficient (Wildman–Crippen LogP) is 2.19. The van der Waals surface area contributed by atoms with Gasteiger partial charge in [-0.05, 0) is 37.5 Å². The molecule has 0 amide bonds. The van der Waals surface area contributed by atoms with Crippen LogP contribution >= 0.6 is 24.0 Å². The molecule has 0 bridgehead atoms. The van der Waals surface area contributed by atoms with Crippen LogP contribution in [0.1, 0.15) is 24.7 Å². The third-order valence-corrected chi connectivity index (χ3v) is 3.92. The Kier molecular flexibility index (Phi) is 10.0. The zero-order valence-electron chi connectivity index (χ0n) is 16.1. The van der Waals surface area contributed by atoms with Gasteiger partial charge in [-0.25, -0.2) is 9.98 Å². The van der Waals surface area contributed by atoms with Crippen LogP contribution in [0.5, 0.6) is 0 Å². The molecule has 0 unspecified atom stereocenters. The van der Waals surface area contributed by atoms with Crippen LogP contribution < -0.4 is 15.5 Å². The molecule has 0 saturated carbocycles. The number of aliphatic imine (C=N–C) groups is 1. The Labute approximate surface area is 173 Å². The highest BCUT2D eigenvalue weighted by molar-refractivity contribution is 14.0. The van der Waals surface area contributed by atoms with E-state index >= 15 is 0 Å². The van der Waals surface area contributed by atoms with Crippen LogP contribution in [0, 0.1) is 0 Å². The first-order chi connectivity index (χ1) is 12.1. The van der Waals surface area contributed by atoms with Crippen molar-refractivity contribution in [2.75, 3.05) is 32.1 Å². The lowest BCUT2D eigenvalue weighted by Crippen LogP contribution is -2.38. The molecule has 2 N–H and O–H groups in total. The van der Waals surface area contributed by atoms with Gasteiger partial charge in [0.25, 0.3) is 0 Å². The van der Waals surface area contributed by atoms with Crippen molar-refractivity contribution in [3.63, 3.8) is 0 Å². The number of benzene rings is 1. The first-order valence-electron chi connectivity index (χ1n) is 8.71. The van der Waals surface area contributed by atoms with E-state index in [2.05, 4.69) is 75.9 Å². The van der Waals surface area contributed by atoms with Crippen LogP contribution in [-0.2, 0) is 20.0 Å². The summed E-state index contributed by atoms with van der Waals surface area (Å²) >= 11 is 0. The minimum absolute atomic E-state index is 0. The third kappa shape index (κ3) is 7.19. The van der Waals surface area contributed by atoms with Gasteiger partial charge in [0.05, 0.1) is 0 Å². The summed E-state index contributed by atoms with van der Waals surface area (Å²) in [6.07, 6.45) is 3.64. The number of nitrogens with zero attached hydrogens (tertiary/aromatic N) is 5. The predicted molar refractivity (Wildman–Crippen MR) is 118 cm³/mol. The highest BCUT2D eigenvalue weighted by Crippen LogP contribution is 2.13. The molecule has 0 aliphatic carbocycles. The summed E-state index contributed by atoms with van der Waals surface area (Å²) in [5.41, 5.74) is 2.58. The van der Waals surface area contributed by atoms with Gasteiger partial charge in [0.1, 0.15) is 18.7 Å². The van der Waals surface area contributed by atoms with Gasteiger partial charge in [0.15, 0.2) is 5.96 Å². The zero-order valence-corrected chi connectivity index (χ0v) is 18.4. The summed E-state index contributed by atoms with van der Waals surface area (Å²) in [7, 11) is 5.99. The number of guanidine groups is 1. The lowest BCUT2D eigenvalue weighted by Gasteiger charge is -2.13. The first kappa shape index (κ1) is 22.2. The second kappa shape index (κ2) is 11.7. The highest BCUT2D eigenvalue weighted by atomic mass is 127. The molecule has 0 atom stereocenters. The van der Waals surface area contributed by atoms with E-state index in [4.69, 9.17) is 0 Å². The molecule has 2 aromatic rings. The minimum atomic E-state index is 0. The maximum Gasteiger partial charge on any atom is 0.191 e. The molecule has 26 heavy (non-hydrogen) atoms. The Morgan fingerprint density at radius 3 is 2.50 bits per heavy atom. The molecule has 0 saturated heterocycles. The molecular weight excluding hydrogens is 441 g/mol. The second-order valence-corrected chi connectivity index (χ2v) is 6.09. The molecule has 0 spiro atoms. The van der Waals surface area contributed by atoms with E-state index in [1.807, 2.05) is 7.05 Å². The fourth-order valence-electron chi connectivity index (χ4n) is 2.41. The van der Waals surface area contributed by atoms with E-state index in [0.717, 1.165) is 37.7 Å². The first-order valence-corrected chi connectivity index (χ1v) is 8.71. The van der Waals surface area contributed by atoms with Crippen molar-refractivity contribution in [1.82, 2.24) is 25.4 Å². The molecule has 2 rings (SSSR count). The van der Waals surface area contributed by atoms with Crippen molar-refractivity contribution in [3.8, 4) is 0 Å². The number of nitrogens with one attached hydrogen (secondary N) is 2. The molecule has 0 radical (unpaired) electrons. The van der Waals surface area contributed by atoms with Crippen LogP contribution in [0.25, 0.3) is 0 Å². The maximum atomic E-state index is 4.56. The van der Waals surface area contributed by atoms with Crippen LogP contribution in [0.3, 0.4) is 0 Å². The normalized spacial score (nSPS) is 11.0. The van der Waals surface area contributed by atoms with Gasteiger partial charge in [0.2, 0.25) is 0 Å². The SMILES string of the molecule is CCNC(=NCc1ncnn1C)NCCCc1ccc(N(C)C)cc1.I. The number of aryl methyl sites for hydroxylation is 2. The van der Waals surface area contributed by atoms with E-state index in [1.54, 1.807) is 11.0 Å². The summed E-state index contributed by atoms with van der Waals surface area (Å²) in [6.45, 7) is 4.28. The molecule has 7 nitrogen and oxygen atoms in total. The topological polar surface area (TPSA) is 70.4 Å². The standard InChI is InChI=1S/C18H29N7.HI/c1-5-19-18(21-13-17-22-14-23-25(17)4)20-12-6-7-15-8-10-16(11-9-15)24(2)3;/h8-11,14H,5-7,12-13H2,1-4H3,(H2,19,20,21);1H. The number of rotatable bonds is 8. The molecule has 0 aliphatic heterocycles. The third-order valence-electron chi connectivity index (χ3n) is 3.92. The largest absolute Gasteiger partial charge is 0.378 e. The Hall–Kier alpha value is -1.84. The number of aromatic nitrogens is 3. The van der Waals surface area contributed by atoms with E-state index in [9.17, 15) is 0 Å². The van der Waals surface area contributed by atoms with E-state index in [-0.39, 0.29) is 24.0 Å². The summed E-state index contributed by atoms with van der Waals surface area (Å²) in [4.78, 5) is 10.9. The second-order valence-electron chi connectivity index (χ2n) is 6.09. The van der Waals surface area contributed by atoms with Gasteiger partial charge >= 0.3 is 0 Å². The van der Waals surface area contributed by atoms with Gasteiger partial charge in [-0.1, -0.05) is 12.1 Å².